The van der Waals surface area contributed by atoms with Crippen LogP contribution in [-0.4, -0.2) is 12.1 Å². The van der Waals surface area contributed by atoms with Gasteiger partial charge in [0.2, 0.25) is 5.76 Å². The molecule has 0 bridgehead atoms. The van der Waals surface area contributed by atoms with Crippen LogP contribution in [0.1, 0.15) is 25.4 Å². The van der Waals surface area contributed by atoms with E-state index in [9.17, 15) is 31.1 Å². The summed E-state index contributed by atoms with van der Waals surface area (Å²) in [5, 5.41) is -1.33. The third-order valence-corrected chi connectivity index (χ3v) is 4.40. The maximum Gasteiger partial charge on any atom is 0.449 e. The van der Waals surface area contributed by atoms with Crippen molar-refractivity contribution >= 4 is 17.6 Å². The summed E-state index contributed by atoms with van der Waals surface area (Å²) in [6, 6.07) is 1.70. The minimum atomic E-state index is -4.71. The number of furan rings is 1. The zero-order valence-electron chi connectivity index (χ0n) is 13.0. The second-order valence-electron chi connectivity index (χ2n) is 6.21. The highest BCUT2D eigenvalue weighted by atomic mass is 35.5. The fraction of sp³-hybridized carbons (Fsp3) is 0.533. The monoisotopic (exact) mass is 390 g/mol. The van der Waals surface area contributed by atoms with E-state index < -0.39 is 53.0 Å². The molecule has 140 valence electrons. The van der Waals surface area contributed by atoms with Gasteiger partial charge in [-0.25, -0.2) is 0 Å². The van der Waals surface area contributed by atoms with Crippen LogP contribution in [0.25, 0.3) is 0 Å². The van der Waals surface area contributed by atoms with Crippen molar-refractivity contribution < 1.29 is 40.3 Å². The number of esters is 1. The first-order valence-electron chi connectivity index (χ1n) is 7.01. The molecule has 1 fully saturated rings. The highest BCUT2D eigenvalue weighted by molar-refractivity contribution is 6.30. The Kier molecular flexibility index (Phi) is 4.93. The topological polar surface area (TPSA) is 39.4 Å². The molecule has 1 aromatic rings. The van der Waals surface area contributed by atoms with Gasteiger partial charge in [0, 0.05) is 0 Å². The summed E-state index contributed by atoms with van der Waals surface area (Å²) in [5.41, 5.74) is -0.803. The zero-order valence-corrected chi connectivity index (χ0v) is 13.7. The van der Waals surface area contributed by atoms with Crippen molar-refractivity contribution in [2.45, 2.75) is 32.8 Å². The third kappa shape index (κ3) is 4.31. The number of halogens is 7. The number of hydrogen-bond donors (Lipinski definition) is 0. The van der Waals surface area contributed by atoms with Crippen LogP contribution in [0.2, 0.25) is 0 Å². The first kappa shape index (κ1) is 19.7. The van der Waals surface area contributed by atoms with Crippen LogP contribution < -0.4 is 0 Å². The molecule has 0 aliphatic heterocycles. The molecule has 1 saturated carbocycles. The number of hydrogen-bond acceptors (Lipinski definition) is 3. The van der Waals surface area contributed by atoms with Gasteiger partial charge in [0.1, 0.15) is 17.4 Å². The van der Waals surface area contributed by atoms with Crippen LogP contribution in [0, 0.1) is 17.3 Å². The molecule has 10 heteroatoms. The van der Waals surface area contributed by atoms with Crippen LogP contribution in [0.5, 0.6) is 0 Å². The van der Waals surface area contributed by atoms with Crippen molar-refractivity contribution in [3.05, 3.63) is 34.8 Å². The summed E-state index contributed by atoms with van der Waals surface area (Å²) < 4.78 is 83.9. The Balaban J connectivity index is 1.99. The molecule has 3 nitrogen and oxygen atoms in total. The van der Waals surface area contributed by atoms with E-state index in [1.807, 2.05) is 0 Å². The molecule has 2 atom stereocenters. The van der Waals surface area contributed by atoms with Crippen LogP contribution in [0.4, 0.5) is 26.3 Å². The smallest absolute Gasteiger partial charge is 0.449 e. The van der Waals surface area contributed by atoms with E-state index in [2.05, 4.69) is 4.42 Å². The average molecular weight is 391 g/mol. The Morgan fingerprint density at radius 1 is 1.28 bits per heavy atom. The van der Waals surface area contributed by atoms with Crippen LogP contribution >= 0.6 is 11.6 Å². The van der Waals surface area contributed by atoms with Crippen LogP contribution in [0.3, 0.4) is 0 Å². The normalized spacial score (nSPS) is 23.5. The van der Waals surface area contributed by atoms with Gasteiger partial charge in [0.05, 0.1) is 5.92 Å². The van der Waals surface area contributed by atoms with E-state index in [0.717, 1.165) is 12.1 Å². The Morgan fingerprint density at radius 3 is 2.36 bits per heavy atom. The molecule has 0 N–H and O–H groups in total. The van der Waals surface area contributed by atoms with E-state index in [4.69, 9.17) is 16.3 Å². The van der Waals surface area contributed by atoms with Gasteiger partial charge in [-0.3, -0.25) is 4.79 Å². The molecule has 1 aliphatic rings. The van der Waals surface area contributed by atoms with E-state index in [1.165, 1.54) is 0 Å². The summed E-state index contributed by atoms with van der Waals surface area (Å²) in [6.45, 7) is 2.58. The van der Waals surface area contributed by atoms with Crippen LogP contribution in [-0.2, 0) is 22.3 Å². The molecule has 0 radical (unpaired) electrons. The van der Waals surface area contributed by atoms with Gasteiger partial charge in [0.25, 0.3) is 0 Å². The number of carbonyl (C=O) groups excluding carboxylic acids is 1. The number of rotatable bonds is 4. The van der Waals surface area contributed by atoms with Crippen molar-refractivity contribution in [3.8, 4) is 0 Å². The van der Waals surface area contributed by atoms with E-state index in [1.54, 1.807) is 13.8 Å². The maximum absolute atomic E-state index is 12.5. The molecular formula is C15H13ClF6O3. The van der Waals surface area contributed by atoms with Gasteiger partial charge in [-0.15, -0.1) is 0 Å². The summed E-state index contributed by atoms with van der Waals surface area (Å²) in [4.78, 5) is 12.0. The van der Waals surface area contributed by atoms with E-state index in [-0.39, 0.29) is 5.76 Å². The minimum absolute atomic E-state index is 0.223. The molecule has 0 amide bonds. The lowest BCUT2D eigenvalue weighted by Crippen LogP contribution is -2.11. The highest BCUT2D eigenvalue weighted by Crippen LogP contribution is 2.60. The van der Waals surface area contributed by atoms with Crippen molar-refractivity contribution in [1.29, 1.82) is 0 Å². The van der Waals surface area contributed by atoms with E-state index >= 15 is 0 Å². The Labute approximate surface area is 143 Å². The van der Waals surface area contributed by atoms with Crippen molar-refractivity contribution in [2.75, 3.05) is 0 Å². The zero-order chi connectivity index (χ0) is 19.2. The average Bonchev–Trinajstić information content (AvgIpc) is 2.83. The molecule has 0 aromatic carbocycles. The van der Waals surface area contributed by atoms with Crippen molar-refractivity contribution in [1.82, 2.24) is 0 Å². The summed E-state index contributed by atoms with van der Waals surface area (Å²) in [7, 11) is 0. The number of ether oxygens (including phenoxy) is 1. The lowest BCUT2D eigenvalue weighted by atomic mass is 10.1. The van der Waals surface area contributed by atoms with Gasteiger partial charge in [0.15, 0.2) is 0 Å². The first-order chi connectivity index (χ1) is 11.2. The van der Waals surface area contributed by atoms with Crippen molar-refractivity contribution in [3.63, 3.8) is 0 Å². The Bertz CT molecular complexity index is 686. The number of allylic oxidation sites excluding steroid dienone is 2. The predicted molar refractivity (Wildman–Crippen MR) is 74.3 cm³/mol. The molecule has 1 aliphatic carbocycles. The third-order valence-electron chi connectivity index (χ3n) is 4.06. The molecular weight excluding hydrogens is 378 g/mol. The van der Waals surface area contributed by atoms with Gasteiger partial charge < -0.3 is 9.15 Å². The quantitative estimate of drug-likeness (QED) is 0.517. The fourth-order valence-electron chi connectivity index (χ4n) is 2.53. The molecule has 0 saturated heterocycles. The molecule has 0 spiro atoms. The Morgan fingerprint density at radius 2 is 1.88 bits per heavy atom. The fourth-order valence-corrected chi connectivity index (χ4v) is 2.67. The largest absolute Gasteiger partial charge is 0.457 e. The highest BCUT2D eigenvalue weighted by Gasteiger charge is 2.62. The van der Waals surface area contributed by atoms with E-state index in [0.29, 0.717) is 6.07 Å². The standard InChI is InChI=1S/C15H13ClF6O3/c1-13(2)8(5-9(16)14(17,18)19)11(13)12(23)24-6-7-3-4-10(25-7)15(20,21)22/h3-5,8,11H,6H2,1-2H3/b9-5-/t8-,11-/m0/s1. The van der Waals surface area contributed by atoms with Gasteiger partial charge in [-0.1, -0.05) is 31.5 Å². The van der Waals surface area contributed by atoms with Gasteiger partial charge in [-0.2, -0.15) is 26.3 Å². The second kappa shape index (κ2) is 6.26. The number of carbonyl (C=O) groups is 1. The molecule has 0 unspecified atom stereocenters. The summed E-state index contributed by atoms with van der Waals surface area (Å²) in [6.07, 6.45) is -8.62. The number of alkyl halides is 6. The SMILES string of the molecule is CC1(C)[C@H](C(=O)OCc2ccc(C(F)(F)F)o2)[C@@H]1/C=C(\Cl)C(F)(F)F. The lowest BCUT2D eigenvalue weighted by molar-refractivity contribution is -0.154. The maximum atomic E-state index is 12.5. The Hall–Kier alpha value is -1.64. The summed E-state index contributed by atoms with van der Waals surface area (Å²) >= 11 is 5.17. The van der Waals surface area contributed by atoms with Gasteiger partial charge >= 0.3 is 18.3 Å². The lowest BCUT2D eigenvalue weighted by Gasteiger charge is -2.04. The summed E-state index contributed by atoms with van der Waals surface area (Å²) in [5.74, 6) is -3.94. The second-order valence-corrected chi connectivity index (χ2v) is 6.62. The molecule has 1 heterocycles. The molecule has 1 aromatic heterocycles. The van der Waals surface area contributed by atoms with Crippen molar-refractivity contribution in [2.24, 2.45) is 17.3 Å². The minimum Gasteiger partial charge on any atom is -0.457 e. The first-order valence-corrected chi connectivity index (χ1v) is 7.39. The van der Waals surface area contributed by atoms with Crippen LogP contribution in [0.15, 0.2) is 27.7 Å². The molecule has 25 heavy (non-hydrogen) atoms. The van der Waals surface area contributed by atoms with Gasteiger partial charge in [-0.05, 0) is 23.5 Å². The molecule has 2 rings (SSSR count). The predicted octanol–water partition coefficient (Wildman–Crippen LogP) is 5.30.